The lowest BCUT2D eigenvalue weighted by Crippen LogP contribution is -2.43. The zero-order valence-corrected chi connectivity index (χ0v) is 12.7. The van der Waals surface area contributed by atoms with Crippen LogP contribution in [0.4, 0.5) is 0 Å². The van der Waals surface area contributed by atoms with E-state index in [-0.39, 0.29) is 0 Å². The highest BCUT2D eigenvalue weighted by molar-refractivity contribution is 5.29. The molecule has 3 fully saturated rings. The van der Waals surface area contributed by atoms with Gasteiger partial charge in [0.1, 0.15) is 0 Å². The lowest BCUT2D eigenvalue weighted by Gasteiger charge is -2.40. The first-order valence-electron chi connectivity index (χ1n) is 8.61. The molecule has 20 heavy (non-hydrogen) atoms. The van der Waals surface area contributed by atoms with E-state index in [2.05, 4.69) is 36.1 Å². The fourth-order valence-corrected chi connectivity index (χ4v) is 5.25. The lowest BCUT2D eigenvalue weighted by atomic mass is 9.85. The highest BCUT2D eigenvalue weighted by atomic mass is 15.2. The third kappa shape index (κ3) is 2.20. The number of nitrogens with zero attached hydrogens (tertiary/aromatic N) is 1. The van der Waals surface area contributed by atoms with Crippen LogP contribution in [0.2, 0.25) is 0 Å². The second-order valence-electron chi connectivity index (χ2n) is 7.41. The molecule has 2 bridgehead atoms. The van der Waals surface area contributed by atoms with Crippen molar-refractivity contribution in [2.75, 3.05) is 13.1 Å². The van der Waals surface area contributed by atoms with Crippen molar-refractivity contribution in [1.82, 2.24) is 4.90 Å². The maximum atomic E-state index is 2.85. The van der Waals surface area contributed by atoms with Crippen molar-refractivity contribution in [2.24, 2.45) is 11.8 Å². The average molecular weight is 269 g/mol. The van der Waals surface area contributed by atoms with E-state index in [0.717, 1.165) is 23.8 Å². The van der Waals surface area contributed by atoms with Gasteiger partial charge in [-0.2, -0.15) is 0 Å². The molecule has 0 aromatic heterocycles. The number of hydrogen-bond acceptors (Lipinski definition) is 1. The Balaban J connectivity index is 1.40. The van der Waals surface area contributed by atoms with Crippen molar-refractivity contribution in [3.8, 4) is 0 Å². The molecule has 0 N–H and O–H groups in total. The van der Waals surface area contributed by atoms with Crippen LogP contribution in [0.5, 0.6) is 0 Å². The Morgan fingerprint density at radius 3 is 2.40 bits per heavy atom. The van der Waals surface area contributed by atoms with Crippen LogP contribution >= 0.6 is 0 Å². The van der Waals surface area contributed by atoms with E-state index in [9.17, 15) is 0 Å². The van der Waals surface area contributed by atoms with Gasteiger partial charge in [-0.05, 0) is 81.0 Å². The summed E-state index contributed by atoms with van der Waals surface area (Å²) >= 11 is 0. The second kappa shape index (κ2) is 5.18. The molecule has 108 valence electrons. The SMILES string of the molecule is Cc1ccccc1C1CCN([C@H]2C[C@H]3CC[C@H]2C3)CC1. The van der Waals surface area contributed by atoms with Crippen molar-refractivity contribution in [2.45, 2.75) is 57.4 Å². The Morgan fingerprint density at radius 1 is 0.950 bits per heavy atom. The second-order valence-corrected chi connectivity index (χ2v) is 7.41. The summed E-state index contributed by atoms with van der Waals surface area (Å²) < 4.78 is 0. The van der Waals surface area contributed by atoms with Gasteiger partial charge in [0.05, 0.1) is 0 Å². The van der Waals surface area contributed by atoms with Gasteiger partial charge in [-0.15, -0.1) is 0 Å². The van der Waals surface area contributed by atoms with E-state index in [1.807, 2.05) is 0 Å². The maximum Gasteiger partial charge on any atom is 0.0126 e. The van der Waals surface area contributed by atoms with Crippen molar-refractivity contribution in [3.05, 3.63) is 35.4 Å². The number of benzene rings is 1. The molecule has 1 heteroatoms. The Hall–Kier alpha value is -0.820. The van der Waals surface area contributed by atoms with E-state index >= 15 is 0 Å². The molecule has 0 amide bonds. The van der Waals surface area contributed by atoms with Crippen LogP contribution in [0, 0.1) is 18.8 Å². The van der Waals surface area contributed by atoms with E-state index in [1.54, 1.807) is 12.0 Å². The van der Waals surface area contributed by atoms with Crippen LogP contribution in [0.15, 0.2) is 24.3 Å². The van der Waals surface area contributed by atoms with Crippen LogP contribution in [-0.4, -0.2) is 24.0 Å². The summed E-state index contributed by atoms with van der Waals surface area (Å²) in [5.41, 5.74) is 3.10. The van der Waals surface area contributed by atoms with Gasteiger partial charge in [0, 0.05) is 6.04 Å². The van der Waals surface area contributed by atoms with Crippen molar-refractivity contribution < 1.29 is 0 Å². The highest BCUT2D eigenvalue weighted by Gasteiger charge is 2.42. The van der Waals surface area contributed by atoms with Crippen molar-refractivity contribution in [1.29, 1.82) is 0 Å². The van der Waals surface area contributed by atoms with Gasteiger partial charge in [-0.3, -0.25) is 0 Å². The Kier molecular flexibility index (Phi) is 3.34. The number of piperidine rings is 1. The monoisotopic (exact) mass is 269 g/mol. The van der Waals surface area contributed by atoms with Crippen molar-refractivity contribution >= 4 is 0 Å². The first kappa shape index (κ1) is 12.9. The molecular weight excluding hydrogens is 242 g/mol. The quantitative estimate of drug-likeness (QED) is 0.771. The normalized spacial score (nSPS) is 34.8. The molecule has 3 atom stereocenters. The molecule has 2 saturated carbocycles. The minimum atomic E-state index is 0.811. The van der Waals surface area contributed by atoms with E-state index in [1.165, 1.54) is 50.8 Å². The minimum absolute atomic E-state index is 0.811. The zero-order chi connectivity index (χ0) is 13.5. The largest absolute Gasteiger partial charge is 0.300 e. The summed E-state index contributed by atoms with van der Waals surface area (Å²) in [4.78, 5) is 2.85. The van der Waals surface area contributed by atoms with Gasteiger partial charge in [0.15, 0.2) is 0 Å². The summed E-state index contributed by atoms with van der Waals surface area (Å²) in [5, 5.41) is 0. The first-order chi connectivity index (χ1) is 9.81. The summed E-state index contributed by atoms with van der Waals surface area (Å²) in [6, 6.07) is 9.96. The van der Waals surface area contributed by atoms with E-state index in [0.29, 0.717) is 0 Å². The minimum Gasteiger partial charge on any atom is -0.300 e. The van der Waals surface area contributed by atoms with E-state index in [4.69, 9.17) is 0 Å². The van der Waals surface area contributed by atoms with Crippen LogP contribution in [0.1, 0.15) is 55.6 Å². The molecule has 1 aliphatic heterocycles. The molecule has 2 aliphatic carbocycles. The summed E-state index contributed by atoms with van der Waals surface area (Å²) in [7, 11) is 0. The number of likely N-dealkylation sites (tertiary alicyclic amines) is 1. The summed E-state index contributed by atoms with van der Waals surface area (Å²) in [5.74, 6) is 2.94. The predicted octanol–water partition coefficient (Wildman–Crippen LogP) is 4.36. The van der Waals surface area contributed by atoms with Crippen LogP contribution in [-0.2, 0) is 0 Å². The van der Waals surface area contributed by atoms with Gasteiger partial charge in [0.25, 0.3) is 0 Å². The third-order valence-electron chi connectivity index (χ3n) is 6.33. The fourth-order valence-electron chi connectivity index (χ4n) is 5.25. The van der Waals surface area contributed by atoms with Crippen LogP contribution in [0.3, 0.4) is 0 Å². The molecule has 1 nitrogen and oxygen atoms in total. The molecule has 0 spiro atoms. The third-order valence-corrected chi connectivity index (χ3v) is 6.33. The Labute approximate surface area is 123 Å². The molecule has 1 saturated heterocycles. The fraction of sp³-hybridized carbons (Fsp3) is 0.684. The Morgan fingerprint density at radius 2 is 1.75 bits per heavy atom. The maximum absolute atomic E-state index is 2.85. The number of aryl methyl sites for hydroxylation is 1. The first-order valence-corrected chi connectivity index (χ1v) is 8.61. The average Bonchev–Trinajstić information content (AvgIpc) is 3.11. The summed E-state index contributed by atoms with van der Waals surface area (Å²) in [6.45, 7) is 4.96. The Bertz CT molecular complexity index is 472. The standard InChI is InChI=1S/C19H27N/c1-14-4-2-3-5-18(14)16-8-10-20(11-9-16)19-13-15-6-7-17(19)12-15/h2-5,15-17,19H,6-13H2,1H3/t15-,17-,19-/m0/s1. The molecule has 4 rings (SSSR count). The van der Waals surface area contributed by atoms with Crippen molar-refractivity contribution in [3.63, 3.8) is 0 Å². The molecular formula is C19H27N. The van der Waals surface area contributed by atoms with Gasteiger partial charge in [-0.25, -0.2) is 0 Å². The molecule has 1 aromatic rings. The number of fused-ring (bicyclic) bond motifs is 2. The van der Waals surface area contributed by atoms with Crippen LogP contribution in [0.25, 0.3) is 0 Å². The smallest absolute Gasteiger partial charge is 0.0126 e. The molecule has 1 aromatic carbocycles. The van der Waals surface area contributed by atoms with Gasteiger partial charge < -0.3 is 4.90 Å². The lowest BCUT2D eigenvalue weighted by molar-refractivity contribution is 0.110. The molecule has 3 aliphatic rings. The molecule has 0 radical (unpaired) electrons. The van der Waals surface area contributed by atoms with Gasteiger partial charge in [-0.1, -0.05) is 30.7 Å². The molecule has 1 heterocycles. The highest BCUT2D eigenvalue weighted by Crippen LogP contribution is 2.47. The summed E-state index contributed by atoms with van der Waals surface area (Å²) in [6.07, 6.45) is 8.85. The predicted molar refractivity (Wildman–Crippen MR) is 84.0 cm³/mol. The van der Waals surface area contributed by atoms with E-state index < -0.39 is 0 Å². The van der Waals surface area contributed by atoms with Gasteiger partial charge >= 0.3 is 0 Å². The van der Waals surface area contributed by atoms with Crippen LogP contribution < -0.4 is 0 Å². The number of rotatable bonds is 2. The zero-order valence-electron chi connectivity index (χ0n) is 12.7. The topological polar surface area (TPSA) is 3.24 Å². The molecule has 0 unspecified atom stereocenters. The van der Waals surface area contributed by atoms with Gasteiger partial charge in [0.2, 0.25) is 0 Å². The number of hydrogen-bond donors (Lipinski definition) is 0.